The van der Waals surface area contributed by atoms with E-state index < -0.39 is 0 Å². The molecule has 0 saturated carbocycles. The van der Waals surface area contributed by atoms with Gasteiger partial charge in [-0.2, -0.15) is 0 Å². The minimum atomic E-state index is -0.329. The zero-order valence-electron chi connectivity index (χ0n) is 23.9. The quantitative estimate of drug-likeness (QED) is 0.128. The summed E-state index contributed by atoms with van der Waals surface area (Å²) < 4.78 is 18.8. The molecule has 1 amide bonds. The van der Waals surface area contributed by atoms with Crippen LogP contribution in [0.4, 0.5) is 5.82 Å². The van der Waals surface area contributed by atoms with Crippen LogP contribution in [0.3, 0.4) is 0 Å². The number of hydrogen-bond acceptors (Lipinski definition) is 8. The van der Waals surface area contributed by atoms with Crippen molar-refractivity contribution in [2.45, 2.75) is 18.8 Å². The fourth-order valence-corrected chi connectivity index (χ4v) is 5.31. The summed E-state index contributed by atoms with van der Waals surface area (Å²) in [7, 11) is 3.46. The summed E-state index contributed by atoms with van der Waals surface area (Å²) in [5, 5.41) is 25.5. The topological polar surface area (TPSA) is 130 Å². The molecule has 0 bridgehead atoms. The normalized spacial score (nSPS) is 18.5. The molecule has 0 radical (unpaired) electrons. The van der Waals surface area contributed by atoms with Gasteiger partial charge >= 0.3 is 0 Å². The first-order chi connectivity index (χ1) is 20.4. The second-order valence-electron chi connectivity index (χ2n) is 10.4. The van der Waals surface area contributed by atoms with Gasteiger partial charge in [-0.05, 0) is 41.8 Å². The lowest BCUT2D eigenvalue weighted by molar-refractivity contribution is -0.886. The number of aliphatic hydroxyl groups is 1. The molecule has 3 N–H and O–H groups in total. The van der Waals surface area contributed by atoms with E-state index in [0.717, 1.165) is 29.3 Å². The number of likely N-dealkylation sites (tertiary alicyclic amines) is 1. The lowest BCUT2D eigenvalue weighted by atomic mass is 9.88. The average molecular weight is 576 g/mol. The van der Waals surface area contributed by atoms with Gasteiger partial charge in [0.05, 0.1) is 31.8 Å². The van der Waals surface area contributed by atoms with Crippen LogP contribution in [0, 0.1) is 5.21 Å². The van der Waals surface area contributed by atoms with Crippen molar-refractivity contribution >= 4 is 22.6 Å². The van der Waals surface area contributed by atoms with Gasteiger partial charge < -0.3 is 39.9 Å². The number of nitrogens with one attached hydrogen (secondary N) is 2. The number of methoxy groups -OCH3 is 1. The van der Waals surface area contributed by atoms with Crippen molar-refractivity contribution in [3.8, 4) is 17.2 Å². The number of anilines is 1. The number of carbonyl (C=O) groups is 1. The number of rotatable bonds is 12. The van der Waals surface area contributed by atoms with Gasteiger partial charge in [-0.1, -0.05) is 12.1 Å². The summed E-state index contributed by atoms with van der Waals surface area (Å²) in [6.45, 7) is 1.94. The van der Waals surface area contributed by atoms with Crippen LogP contribution in [0.15, 0.2) is 67.0 Å². The van der Waals surface area contributed by atoms with Crippen LogP contribution in [-0.2, 0) is 4.74 Å². The van der Waals surface area contributed by atoms with Crippen molar-refractivity contribution in [2.75, 3.05) is 64.4 Å². The Hall–Kier alpha value is -4.16. The lowest BCUT2D eigenvalue weighted by Crippen LogP contribution is -2.49. The van der Waals surface area contributed by atoms with E-state index in [0.29, 0.717) is 54.9 Å². The molecule has 5 rings (SSSR count). The highest BCUT2D eigenvalue weighted by Gasteiger charge is 2.27. The number of aromatic nitrogens is 2. The Morgan fingerprint density at radius 1 is 1.10 bits per heavy atom. The number of ether oxygens (including phenoxy) is 3. The number of hydrogen-bond donors (Lipinski definition) is 3. The number of aliphatic hydroxyl groups excluding tert-OH is 1. The highest BCUT2D eigenvalue weighted by atomic mass is 16.5. The fraction of sp³-hybridized carbons (Fsp3) is 0.355. The Bertz CT molecular complexity index is 1500. The van der Waals surface area contributed by atoms with Crippen molar-refractivity contribution in [2.24, 2.45) is 0 Å². The van der Waals surface area contributed by atoms with E-state index in [1.165, 1.54) is 0 Å². The molecule has 4 aromatic rings. The van der Waals surface area contributed by atoms with Gasteiger partial charge in [-0.25, -0.2) is 4.98 Å². The Morgan fingerprint density at radius 2 is 1.88 bits per heavy atom. The van der Waals surface area contributed by atoms with Crippen molar-refractivity contribution in [3.05, 3.63) is 83.3 Å². The number of hydroxylamine groups is 3. The molecule has 3 heterocycles. The van der Waals surface area contributed by atoms with Crippen LogP contribution < -0.4 is 20.2 Å². The maximum atomic E-state index is 13.0. The Labute approximate surface area is 244 Å². The molecule has 2 aromatic heterocycles. The second kappa shape index (κ2) is 13.2. The number of pyridine rings is 1. The molecule has 0 spiro atoms. The van der Waals surface area contributed by atoms with Gasteiger partial charge in [0.2, 0.25) is 0 Å². The molecule has 0 atom stereocenters. The number of quaternary nitrogens is 1. The van der Waals surface area contributed by atoms with Crippen LogP contribution in [-0.4, -0.2) is 78.9 Å². The van der Waals surface area contributed by atoms with Gasteiger partial charge in [0, 0.05) is 62.5 Å². The van der Waals surface area contributed by atoms with E-state index in [9.17, 15) is 10.0 Å². The van der Waals surface area contributed by atoms with E-state index >= 15 is 0 Å². The Kier molecular flexibility index (Phi) is 9.23. The summed E-state index contributed by atoms with van der Waals surface area (Å²) in [6, 6.07) is 16.7. The van der Waals surface area contributed by atoms with E-state index in [2.05, 4.69) is 15.7 Å². The molecule has 42 heavy (non-hydrogen) atoms. The molecule has 1 saturated heterocycles. The highest BCUT2D eigenvalue weighted by molar-refractivity contribution is 6.03. The number of carbonyl (C=O) groups excluding carboxylic acids is 1. The highest BCUT2D eigenvalue weighted by Crippen LogP contribution is 2.36. The molecule has 2 aromatic carbocycles. The van der Waals surface area contributed by atoms with Crippen LogP contribution in [0.2, 0.25) is 0 Å². The van der Waals surface area contributed by atoms with E-state index in [1.807, 2.05) is 48.3 Å². The van der Waals surface area contributed by atoms with Crippen molar-refractivity contribution in [3.63, 3.8) is 0 Å². The van der Waals surface area contributed by atoms with Crippen molar-refractivity contribution in [1.29, 1.82) is 0 Å². The van der Waals surface area contributed by atoms with Gasteiger partial charge in [-0.15, -0.1) is 0 Å². The zero-order chi connectivity index (χ0) is 29.5. The van der Waals surface area contributed by atoms with E-state index in [-0.39, 0.29) is 29.6 Å². The predicted molar refractivity (Wildman–Crippen MR) is 161 cm³/mol. The van der Waals surface area contributed by atoms with E-state index in [1.54, 1.807) is 37.6 Å². The van der Waals surface area contributed by atoms with Gasteiger partial charge in [0.15, 0.2) is 11.5 Å². The molecular weight excluding hydrogens is 538 g/mol. The third-order valence-corrected chi connectivity index (χ3v) is 7.66. The SMILES string of the molecule is CNn1ccc2cc(Oc3ccnc(NC(=O)c4ccc([C@H]5CC[N@@+]([O-])(CCO)CC5)cc4)c3)c(OCCOC)cc21. The Morgan fingerprint density at radius 3 is 2.60 bits per heavy atom. The summed E-state index contributed by atoms with van der Waals surface area (Å²) in [5.74, 6) is 1.92. The summed E-state index contributed by atoms with van der Waals surface area (Å²) >= 11 is 0. The number of piperidine rings is 1. The lowest BCUT2D eigenvalue weighted by Gasteiger charge is -2.47. The standard InChI is InChI=1S/C31H37N5O6/c1-32-35-12-8-25-19-29(28(21-27(25)35)41-18-17-40-2)42-26-7-11-33-30(20-26)34-31(38)24-5-3-22(4-6-24)23-9-13-36(39,14-10-23)15-16-37/h3-8,11-12,19-21,23,32,37H,9-10,13-18H2,1-2H3,(H,33,34,38)/t23-,36-. The third kappa shape index (κ3) is 6.82. The summed E-state index contributed by atoms with van der Waals surface area (Å²) in [6.07, 6.45) is 5.02. The first-order valence-electron chi connectivity index (χ1n) is 14.1. The summed E-state index contributed by atoms with van der Waals surface area (Å²) in [5.41, 5.74) is 5.66. The predicted octanol–water partition coefficient (Wildman–Crippen LogP) is 4.46. The zero-order valence-corrected chi connectivity index (χ0v) is 23.9. The molecule has 1 aliphatic heterocycles. The van der Waals surface area contributed by atoms with Crippen LogP contribution in [0.1, 0.15) is 34.7 Å². The molecule has 0 unspecified atom stereocenters. The fourth-order valence-electron chi connectivity index (χ4n) is 5.31. The molecule has 11 heteroatoms. The Balaban J connectivity index is 1.25. The first-order valence-corrected chi connectivity index (χ1v) is 14.1. The maximum absolute atomic E-state index is 13.0. The molecular formula is C31H37N5O6. The maximum Gasteiger partial charge on any atom is 0.256 e. The molecule has 1 aliphatic rings. The number of nitrogens with zero attached hydrogens (tertiary/aromatic N) is 3. The molecule has 222 valence electrons. The number of amides is 1. The van der Waals surface area contributed by atoms with Crippen molar-refractivity contribution < 1.29 is 28.8 Å². The number of benzene rings is 2. The van der Waals surface area contributed by atoms with Gasteiger partial charge in [0.25, 0.3) is 5.91 Å². The van der Waals surface area contributed by atoms with Gasteiger partial charge in [-0.3, -0.25) is 9.47 Å². The summed E-state index contributed by atoms with van der Waals surface area (Å²) in [4.78, 5) is 17.3. The number of fused-ring (bicyclic) bond motifs is 1. The van der Waals surface area contributed by atoms with E-state index in [4.69, 9.17) is 19.3 Å². The first kappa shape index (κ1) is 29.3. The monoisotopic (exact) mass is 575 g/mol. The smallest absolute Gasteiger partial charge is 0.256 e. The minimum Gasteiger partial charge on any atom is -0.633 e. The van der Waals surface area contributed by atoms with Crippen LogP contribution >= 0.6 is 0 Å². The third-order valence-electron chi connectivity index (χ3n) is 7.66. The minimum absolute atomic E-state index is 0.0896. The second-order valence-corrected chi connectivity index (χ2v) is 10.4. The van der Waals surface area contributed by atoms with Crippen LogP contribution in [0.25, 0.3) is 10.9 Å². The molecule has 0 aliphatic carbocycles. The molecule has 1 fully saturated rings. The molecule has 11 nitrogen and oxygen atoms in total. The average Bonchev–Trinajstić information content (AvgIpc) is 3.40. The van der Waals surface area contributed by atoms with Gasteiger partial charge in [0.1, 0.15) is 24.7 Å². The van der Waals surface area contributed by atoms with Crippen LogP contribution in [0.5, 0.6) is 17.2 Å². The largest absolute Gasteiger partial charge is 0.633 e. The van der Waals surface area contributed by atoms with Crippen molar-refractivity contribution in [1.82, 2.24) is 9.66 Å².